The van der Waals surface area contributed by atoms with Gasteiger partial charge >= 0.3 is 0 Å². The van der Waals surface area contributed by atoms with Gasteiger partial charge in [-0.3, -0.25) is 9.78 Å². The van der Waals surface area contributed by atoms with Crippen molar-refractivity contribution in [3.05, 3.63) is 59.0 Å². The molecule has 8 nitrogen and oxygen atoms in total. The van der Waals surface area contributed by atoms with Crippen LogP contribution in [0.1, 0.15) is 18.5 Å². The average Bonchev–Trinajstić information content (AvgIpc) is 3.19. The zero-order valence-electron chi connectivity index (χ0n) is 14.7. The second-order valence-corrected chi connectivity index (χ2v) is 6.56. The monoisotopic (exact) mass is 351 g/mol. The molecule has 0 unspecified atom stereocenters. The van der Waals surface area contributed by atoms with E-state index in [4.69, 9.17) is 0 Å². The molecule has 0 aromatic carbocycles. The lowest BCUT2D eigenvalue weighted by Crippen LogP contribution is -2.37. The molecule has 1 fully saturated rings. The fourth-order valence-corrected chi connectivity index (χ4v) is 3.38. The Bertz CT molecular complexity index is 927. The molecule has 8 heteroatoms. The molecule has 0 amide bonds. The summed E-state index contributed by atoms with van der Waals surface area (Å²) in [6, 6.07) is 5.09. The minimum absolute atomic E-state index is 0.0758. The van der Waals surface area contributed by atoms with Crippen LogP contribution in [0.5, 0.6) is 0 Å². The van der Waals surface area contributed by atoms with Gasteiger partial charge in [-0.05, 0) is 37.8 Å². The van der Waals surface area contributed by atoms with Crippen LogP contribution in [0, 0.1) is 12.8 Å². The molecule has 3 aromatic heterocycles. The molecule has 1 aliphatic heterocycles. The molecular weight excluding hydrogens is 330 g/mol. The van der Waals surface area contributed by atoms with Crippen LogP contribution in [-0.2, 0) is 6.54 Å². The van der Waals surface area contributed by atoms with E-state index in [1.165, 1.54) is 0 Å². The van der Waals surface area contributed by atoms with Gasteiger partial charge in [0.1, 0.15) is 5.82 Å². The fraction of sp³-hybridized carbons (Fsp3) is 0.389. The second-order valence-electron chi connectivity index (χ2n) is 6.56. The maximum Gasteiger partial charge on any atom is 0.266 e. The van der Waals surface area contributed by atoms with Crippen molar-refractivity contribution in [2.24, 2.45) is 5.92 Å². The molecule has 26 heavy (non-hydrogen) atoms. The molecule has 0 aliphatic carbocycles. The van der Waals surface area contributed by atoms with Gasteiger partial charge in [0.2, 0.25) is 0 Å². The normalized spacial score (nSPS) is 15.3. The van der Waals surface area contributed by atoms with Gasteiger partial charge in [-0.25, -0.2) is 14.3 Å². The summed E-state index contributed by atoms with van der Waals surface area (Å²) in [5.41, 5.74) is 0.879. The van der Waals surface area contributed by atoms with Crippen molar-refractivity contribution in [3.63, 3.8) is 0 Å². The number of aryl methyl sites for hydroxylation is 1. The first-order valence-electron chi connectivity index (χ1n) is 8.81. The van der Waals surface area contributed by atoms with Crippen molar-refractivity contribution < 1.29 is 0 Å². The Morgan fingerprint density at radius 2 is 1.92 bits per heavy atom. The van der Waals surface area contributed by atoms with Gasteiger partial charge in [0.15, 0.2) is 5.82 Å². The van der Waals surface area contributed by atoms with E-state index < -0.39 is 0 Å². The van der Waals surface area contributed by atoms with Crippen LogP contribution in [0.2, 0.25) is 0 Å². The molecule has 0 saturated carbocycles. The van der Waals surface area contributed by atoms with E-state index in [0.717, 1.165) is 37.4 Å². The molecule has 1 aliphatic rings. The first kappa shape index (κ1) is 16.4. The number of rotatable bonds is 4. The third kappa shape index (κ3) is 3.35. The van der Waals surface area contributed by atoms with E-state index in [1.807, 2.05) is 19.2 Å². The van der Waals surface area contributed by atoms with Crippen molar-refractivity contribution in [2.75, 3.05) is 18.0 Å². The predicted molar refractivity (Wildman–Crippen MR) is 97.3 cm³/mol. The van der Waals surface area contributed by atoms with Crippen LogP contribution in [0.15, 0.2) is 47.8 Å². The summed E-state index contributed by atoms with van der Waals surface area (Å²) in [6.07, 6.45) is 8.96. The van der Waals surface area contributed by atoms with E-state index in [2.05, 4.69) is 25.1 Å². The van der Waals surface area contributed by atoms with Gasteiger partial charge in [0, 0.05) is 50.5 Å². The predicted octanol–water partition coefficient (Wildman–Crippen LogP) is 1.44. The summed E-state index contributed by atoms with van der Waals surface area (Å²) in [4.78, 5) is 23.2. The van der Waals surface area contributed by atoms with Crippen molar-refractivity contribution >= 4 is 5.82 Å². The summed E-state index contributed by atoms with van der Waals surface area (Å²) in [5, 5.41) is 8.64. The van der Waals surface area contributed by atoms with Gasteiger partial charge in [0.05, 0.1) is 5.69 Å². The van der Waals surface area contributed by atoms with Crippen LogP contribution < -0.4 is 10.5 Å². The molecule has 4 heterocycles. The molecule has 0 bridgehead atoms. The molecule has 3 aromatic rings. The molecule has 4 rings (SSSR count). The lowest BCUT2D eigenvalue weighted by molar-refractivity contribution is 0.333. The van der Waals surface area contributed by atoms with Gasteiger partial charge in [0.25, 0.3) is 5.56 Å². The zero-order valence-corrected chi connectivity index (χ0v) is 14.7. The zero-order chi connectivity index (χ0) is 17.9. The summed E-state index contributed by atoms with van der Waals surface area (Å²) >= 11 is 0. The lowest BCUT2D eigenvalue weighted by Gasteiger charge is -2.33. The van der Waals surface area contributed by atoms with Crippen molar-refractivity contribution in [3.8, 4) is 5.82 Å². The highest BCUT2D eigenvalue weighted by molar-refractivity contribution is 5.42. The Morgan fingerprint density at radius 3 is 2.65 bits per heavy atom. The standard InChI is InChI=1S/C18H21N7O/c1-14-18(20-9-8-19-14)23-11-5-15(6-12-23)13-25-17(26)4-3-16(22-25)24-10-2-7-21-24/h2-4,7-10,15H,5-6,11-13H2,1H3. The highest BCUT2D eigenvalue weighted by atomic mass is 16.1. The first-order valence-corrected chi connectivity index (χ1v) is 8.81. The molecule has 1 saturated heterocycles. The highest BCUT2D eigenvalue weighted by Crippen LogP contribution is 2.23. The highest BCUT2D eigenvalue weighted by Gasteiger charge is 2.22. The van der Waals surface area contributed by atoms with Gasteiger partial charge in [-0.1, -0.05) is 0 Å². The van der Waals surface area contributed by atoms with E-state index in [1.54, 1.807) is 40.1 Å². The maximum atomic E-state index is 12.2. The average molecular weight is 351 g/mol. The van der Waals surface area contributed by atoms with Crippen LogP contribution >= 0.6 is 0 Å². The van der Waals surface area contributed by atoms with Gasteiger partial charge in [-0.2, -0.15) is 5.10 Å². The third-order valence-electron chi connectivity index (χ3n) is 4.79. The minimum Gasteiger partial charge on any atom is -0.355 e. The molecule has 134 valence electrons. The smallest absolute Gasteiger partial charge is 0.266 e. The summed E-state index contributed by atoms with van der Waals surface area (Å²) in [7, 11) is 0. The Balaban J connectivity index is 1.44. The van der Waals surface area contributed by atoms with E-state index in [9.17, 15) is 4.79 Å². The fourth-order valence-electron chi connectivity index (χ4n) is 3.38. The Labute approximate surface area is 151 Å². The van der Waals surface area contributed by atoms with Gasteiger partial charge < -0.3 is 4.90 Å². The summed E-state index contributed by atoms with van der Waals surface area (Å²) in [5.74, 6) is 2.03. The topological polar surface area (TPSA) is 81.7 Å². The summed E-state index contributed by atoms with van der Waals surface area (Å²) in [6.45, 7) is 4.44. The summed E-state index contributed by atoms with van der Waals surface area (Å²) < 4.78 is 3.22. The molecular formula is C18H21N7O. The van der Waals surface area contributed by atoms with Crippen LogP contribution in [0.4, 0.5) is 5.82 Å². The molecule has 0 radical (unpaired) electrons. The van der Waals surface area contributed by atoms with Crippen molar-refractivity contribution in [2.45, 2.75) is 26.3 Å². The van der Waals surface area contributed by atoms with Crippen LogP contribution in [0.25, 0.3) is 5.82 Å². The SMILES string of the molecule is Cc1nccnc1N1CCC(Cn2nc(-n3cccn3)ccc2=O)CC1. The quantitative estimate of drug-likeness (QED) is 0.707. The number of piperidine rings is 1. The Kier molecular flexibility index (Phi) is 4.47. The Morgan fingerprint density at radius 1 is 1.12 bits per heavy atom. The maximum absolute atomic E-state index is 12.2. The lowest BCUT2D eigenvalue weighted by atomic mass is 9.97. The van der Waals surface area contributed by atoms with Crippen LogP contribution in [0.3, 0.4) is 0 Å². The molecule has 0 N–H and O–H groups in total. The van der Waals surface area contributed by atoms with Gasteiger partial charge in [-0.15, -0.1) is 5.10 Å². The number of nitrogens with zero attached hydrogens (tertiary/aromatic N) is 7. The van der Waals surface area contributed by atoms with Crippen molar-refractivity contribution in [1.29, 1.82) is 0 Å². The number of aromatic nitrogens is 6. The van der Waals surface area contributed by atoms with E-state index in [0.29, 0.717) is 18.3 Å². The third-order valence-corrected chi connectivity index (χ3v) is 4.79. The van der Waals surface area contributed by atoms with Crippen LogP contribution in [-0.4, -0.2) is 42.6 Å². The molecule has 0 atom stereocenters. The number of hydrogen-bond donors (Lipinski definition) is 0. The van der Waals surface area contributed by atoms with Crippen molar-refractivity contribution in [1.82, 2.24) is 29.5 Å². The van der Waals surface area contributed by atoms with E-state index in [-0.39, 0.29) is 5.56 Å². The minimum atomic E-state index is -0.0758. The largest absolute Gasteiger partial charge is 0.355 e. The number of anilines is 1. The number of hydrogen-bond acceptors (Lipinski definition) is 6. The second kappa shape index (κ2) is 7.07. The first-order chi connectivity index (χ1) is 12.7. The Hall–Kier alpha value is -3.03. The molecule has 0 spiro atoms. The van der Waals surface area contributed by atoms with E-state index >= 15 is 0 Å².